The van der Waals surface area contributed by atoms with Crippen LogP contribution in [-0.4, -0.2) is 38.6 Å². The van der Waals surface area contributed by atoms with Gasteiger partial charge in [0.15, 0.2) is 9.84 Å². The van der Waals surface area contributed by atoms with E-state index in [0.717, 1.165) is 17.9 Å². The Morgan fingerprint density at radius 3 is 2.48 bits per heavy atom. The molecule has 2 aromatic carbocycles. The van der Waals surface area contributed by atoms with Crippen LogP contribution in [-0.2, 0) is 14.6 Å². The zero-order valence-corrected chi connectivity index (χ0v) is 15.4. The van der Waals surface area contributed by atoms with Gasteiger partial charge in [0, 0.05) is 31.5 Å². The largest absolute Gasteiger partial charge is 0.378 e. The van der Waals surface area contributed by atoms with Crippen LogP contribution in [0.1, 0.15) is 5.56 Å². The van der Waals surface area contributed by atoms with Crippen molar-refractivity contribution in [2.75, 3.05) is 24.7 Å². The van der Waals surface area contributed by atoms with E-state index < -0.39 is 14.8 Å². The van der Waals surface area contributed by atoms with E-state index in [2.05, 4.69) is 10.6 Å². The lowest BCUT2D eigenvalue weighted by atomic mass is 10.2. The Morgan fingerprint density at radius 2 is 1.85 bits per heavy atom. The van der Waals surface area contributed by atoms with Crippen LogP contribution in [0.4, 0.5) is 11.4 Å². The fourth-order valence-electron chi connectivity index (χ4n) is 2.22. The maximum Gasteiger partial charge on any atom is 0.293 e. The number of amides is 1. The summed E-state index contributed by atoms with van der Waals surface area (Å²) in [4.78, 5) is 22.1. The highest BCUT2D eigenvalue weighted by atomic mass is 32.2. The molecule has 142 valence electrons. The molecule has 0 bridgehead atoms. The number of nitro groups is 1. The number of nitro benzene ring substituents is 1. The molecule has 1 amide bonds. The molecule has 0 aliphatic heterocycles. The highest BCUT2D eigenvalue weighted by molar-refractivity contribution is 7.90. The van der Waals surface area contributed by atoms with Crippen LogP contribution in [0.2, 0.25) is 0 Å². The highest BCUT2D eigenvalue weighted by Crippen LogP contribution is 2.27. The van der Waals surface area contributed by atoms with Crippen LogP contribution in [0, 0.1) is 10.1 Å². The molecule has 0 unspecified atom stereocenters. The normalized spacial score (nSPS) is 11.3. The van der Waals surface area contributed by atoms with Gasteiger partial charge in [-0.1, -0.05) is 30.3 Å². The SMILES string of the molecule is CS(=O)(=O)c1ccc(NCCNC(=O)/C=C/c2ccccc2)c([N+](=O)[O-])c1. The van der Waals surface area contributed by atoms with Crippen molar-refractivity contribution in [3.05, 3.63) is 70.3 Å². The van der Waals surface area contributed by atoms with Crippen LogP contribution >= 0.6 is 0 Å². The van der Waals surface area contributed by atoms with Crippen molar-refractivity contribution in [1.82, 2.24) is 5.32 Å². The number of hydrogen-bond acceptors (Lipinski definition) is 6. The third kappa shape index (κ3) is 6.23. The number of sulfone groups is 1. The van der Waals surface area contributed by atoms with Crippen molar-refractivity contribution >= 4 is 33.2 Å². The number of carbonyl (C=O) groups is 1. The average molecular weight is 389 g/mol. The average Bonchev–Trinajstić information content (AvgIpc) is 2.63. The minimum atomic E-state index is -3.54. The maximum atomic E-state index is 11.8. The van der Waals surface area contributed by atoms with E-state index in [4.69, 9.17) is 0 Å². The number of hydrogen-bond donors (Lipinski definition) is 2. The first-order chi connectivity index (χ1) is 12.8. The lowest BCUT2D eigenvalue weighted by Gasteiger charge is -2.08. The second-order valence-corrected chi connectivity index (χ2v) is 7.69. The van der Waals surface area contributed by atoms with Crippen molar-refractivity contribution < 1.29 is 18.1 Å². The topological polar surface area (TPSA) is 118 Å². The van der Waals surface area contributed by atoms with Gasteiger partial charge in [-0.2, -0.15) is 0 Å². The Hall–Kier alpha value is -3.20. The van der Waals surface area contributed by atoms with E-state index in [1.165, 1.54) is 18.2 Å². The van der Waals surface area contributed by atoms with Gasteiger partial charge in [0.2, 0.25) is 5.91 Å². The van der Waals surface area contributed by atoms with Crippen molar-refractivity contribution in [1.29, 1.82) is 0 Å². The Bertz CT molecular complexity index is 956. The van der Waals surface area contributed by atoms with Gasteiger partial charge in [0.1, 0.15) is 5.69 Å². The minimum Gasteiger partial charge on any atom is -0.378 e. The summed E-state index contributed by atoms with van der Waals surface area (Å²) in [6.45, 7) is 0.479. The zero-order chi connectivity index (χ0) is 19.9. The number of nitrogens with one attached hydrogen (secondary N) is 2. The Morgan fingerprint density at radius 1 is 1.15 bits per heavy atom. The molecule has 0 radical (unpaired) electrons. The molecule has 0 fully saturated rings. The monoisotopic (exact) mass is 389 g/mol. The third-order valence-corrected chi connectivity index (χ3v) is 4.67. The molecule has 0 saturated carbocycles. The van der Waals surface area contributed by atoms with Gasteiger partial charge in [-0.15, -0.1) is 0 Å². The molecular formula is C18H19N3O5S. The number of benzene rings is 2. The van der Waals surface area contributed by atoms with Crippen LogP contribution in [0.5, 0.6) is 0 Å². The van der Waals surface area contributed by atoms with Crippen LogP contribution < -0.4 is 10.6 Å². The summed E-state index contributed by atoms with van der Waals surface area (Å²) in [5.74, 6) is -0.289. The van der Waals surface area contributed by atoms with Gasteiger partial charge in [-0.3, -0.25) is 14.9 Å². The van der Waals surface area contributed by atoms with E-state index in [1.807, 2.05) is 30.3 Å². The van der Waals surface area contributed by atoms with Gasteiger partial charge in [0.25, 0.3) is 5.69 Å². The predicted octanol–water partition coefficient (Wildman–Crippen LogP) is 2.24. The summed E-state index contributed by atoms with van der Waals surface area (Å²) >= 11 is 0. The van der Waals surface area contributed by atoms with E-state index in [-0.39, 0.29) is 35.3 Å². The molecule has 0 spiro atoms. The molecule has 0 heterocycles. The molecule has 2 rings (SSSR count). The van der Waals surface area contributed by atoms with Gasteiger partial charge < -0.3 is 10.6 Å². The number of anilines is 1. The molecular weight excluding hydrogens is 370 g/mol. The van der Waals surface area contributed by atoms with Crippen molar-refractivity contribution in [3.8, 4) is 0 Å². The lowest BCUT2D eigenvalue weighted by Crippen LogP contribution is -2.27. The number of carbonyl (C=O) groups excluding carboxylic acids is 1. The molecule has 0 aromatic heterocycles. The summed E-state index contributed by atoms with van der Waals surface area (Å²) in [7, 11) is -3.54. The standard InChI is InChI=1S/C18H19N3O5S/c1-27(25,26)15-8-9-16(17(13-15)21(23)24)19-11-12-20-18(22)10-7-14-5-3-2-4-6-14/h2-10,13,19H,11-12H2,1H3,(H,20,22)/b10-7+. The molecule has 27 heavy (non-hydrogen) atoms. The third-order valence-electron chi connectivity index (χ3n) is 3.56. The van der Waals surface area contributed by atoms with E-state index >= 15 is 0 Å². The van der Waals surface area contributed by atoms with Gasteiger partial charge in [-0.05, 0) is 23.8 Å². The number of nitrogens with zero attached hydrogens (tertiary/aromatic N) is 1. The van der Waals surface area contributed by atoms with Gasteiger partial charge in [0.05, 0.1) is 9.82 Å². The number of rotatable bonds is 8. The Labute approximate surface area is 157 Å². The van der Waals surface area contributed by atoms with E-state index in [0.29, 0.717) is 0 Å². The lowest BCUT2D eigenvalue weighted by molar-refractivity contribution is -0.384. The van der Waals surface area contributed by atoms with Gasteiger partial charge in [-0.25, -0.2) is 8.42 Å². The molecule has 0 aliphatic carbocycles. The Kier molecular flexibility index (Phi) is 6.67. The summed E-state index contributed by atoms with van der Waals surface area (Å²) < 4.78 is 23.0. The quantitative estimate of drug-likeness (QED) is 0.309. The van der Waals surface area contributed by atoms with Crippen molar-refractivity contribution in [3.63, 3.8) is 0 Å². The van der Waals surface area contributed by atoms with E-state index in [9.17, 15) is 23.3 Å². The maximum absolute atomic E-state index is 11.8. The van der Waals surface area contributed by atoms with Crippen molar-refractivity contribution in [2.24, 2.45) is 0 Å². The van der Waals surface area contributed by atoms with Crippen LogP contribution in [0.15, 0.2) is 59.5 Å². The van der Waals surface area contributed by atoms with Crippen LogP contribution in [0.3, 0.4) is 0 Å². The van der Waals surface area contributed by atoms with Crippen LogP contribution in [0.25, 0.3) is 6.08 Å². The summed E-state index contributed by atoms with van der Waals surface area (Å²) in [5.41, 5.74) is 0.738. The molecule has 2 N–H and O–H groups in total. The summed E-state index contributed by atoms with van der Waals surface area (Å²) in [6, 6.07) is 13.0. The first kappa shape index (κ1) is 20.1. The first-order valence-corrected chi connectivity index (χ1v) is 9.90. The smallest absolute Gasteiger partial charge is 0.293 e. The second kappa shape index (κ2) is 8.95. The first-order valence-electron chi connectivity index (χ1n) is 8.01. The molecule has 9 heteroatoms. The summed E-state index contributed by atoms with van der Waals surface area (Å²) in [6.07, 6.45) is 4.06. The second-order valence-electron chi connectivity index (χ2n) is 5.67. The van der Waals surface area contributed by atoms with Crippen molar-refractivity contribution in [2.45, 2.75) is 4.90 Å². The molecule has 0 atom stereocenters. The van der Waals surface area contributed by atoms with E-state index in [1.54, 1.807) is 6.08 Å². The molecule has 8 nitrogen and oxygen atoms in total. The van der Waals surface area contributed by atoms with Gasteiger partial charge >= 0.3 is 0 Å². The predicted molar refractivity (Wildman–Crippen MR) is 103 cm³/mol. The molecule has 0 aliphatic rings. The molecule has 2 aromatic rings. The zero-order valence-electron chi connectivity index (χ0n) is 14.6. The fraction of sp³-hybridized carbons (Fsp3) is 0.167. The highest BCUT2D eigenvalue weighted by Gasteiger charge is 2.18. The molecule has 0 saturated heterocycles. The fourth-order valence-corrected chi connectivity index (χ4v) is 2.86. The minimum absolute atomic E-state index is 0.126. The Balaban J connectivity index is 1.90. The summed E-state index contributed by atoms with van der Waals surface area (Å²) in [5, 5.41) is 16.6.